The fourth-order valence-electron chi connectivity index (χ4n) is 2.86. The van der Waals surface area contributed by atoms with Crippen molar-refractivity contribution < 1.29 is 22.6 Å². The van der Waals surface area contributed by atoms with Gasteiger partial charge >= 0.3 is 6.36 Å². The van der Waals surface area contributed by atoms with Crippen molar-refractivity contribution in [3.8, 4) is 11.5 Å². The van der Waals surface area contributed by atoms with Gasteiger partial charge in [0.2, 0.25) is 0 Å². The van der Waals surface area contributed by atoms with Crippen LogP contribution in [-0.4, -0.2) is 24.9 Å². The molecule has 3 rings (SSSR count). The van der Waals surface area contributed by atoms with Crippen LogP contribution in [0.4, 0.5) is 13.2 Å². The zero-order valence-corrected chi connectivity index (χ0v) is 13.2. The first kappa shape index (κ1) is 16.6. The molecule has 128 valence electrons. The lowest BCUT2D eigenvalue weighted by molar-refractivity contribution is -0.274. The predicted molar refractivity (Wildman–Crippen MR) is 83.9 cm³/mol. The van der Waals surface area contributed by atoms with Crippen LogP contribution in [0.25, 0.3) is 0 Å². The minimum Gasteiger partial charge on any atom is -0.486 e. The molecular weight excluding hydrogens is 319 g/mol. The molecule has 3 nitrogen and oxygen atoms in total. The molecule has 1 unspecified atom stereocenters. The summed E-state index contributed by atoms with van der Waals surface area (Å²) in [5.74, 6) is 0.268. The first-order valence-electron chi connectivity index (χ1n) is 7.69. The van der Waals surface area contributed by atoms with Gasteiger partial charge in [-0.2, -0.15) is 0 Å². The minimum absolute atomic E-state index is 0.125. The summed E-state index contributed by atoms with van der Waals surface area (Å²) in [6.07, 6.45) is -4.00. The Bertz CT molecular complexity index is 685. The fraction of sp³-hybridized carbons (Fsp3) is 0.333. The highest BCUT2D eigenvalue weighted by Gasteiger charge is 2.31. The fourth-order valence-corrected chi connectivity index (χ4v) is 2.86. The van der Waals surface area contributed by atoms with Gasteiger partial charge in [0.1, 0.15) is 17.6 Å². The molecule has 24 heavy (non-hydrogen) atoms. The van der Waals surface area contributed by atoms with Gasteiger partial charge < -0.3 is 14.4 Å². The van der Waals surface area contributed by atoms with Gasteiger partial charge in [-0.05, 0) is 42.4 Å². The van der Waals surface area contributed by atoms with E-state index < -0.39 is 6.36 Å². The molecule has 1 heterocycles. The van der Waals surface area contributed by atoms with E-state index in [2.05, 4.69) is 22.8 Å². The molecule has 2 aromatic carbocycles. The number of nitrogens with zero attached hydrogens (tertiary/aromatic N) is 1. The van der Waals surface area contributed by atoms with Crippen molar-refractivity contribution in [2.45, 2.75) is 25.4 Å². The highest BCUT2D eigenvalue weighted by molar-refractivity contribution is 5.34. The van der Waals surface area contributed by atoms with Crippen LogP contribution >= 0.6 is 0 Å². The summed E-state index contributed by atoms with van der Waals surface area (Å²) in [5.41, 5.74) is 2.33. The van der Waals surface area contributed by atoms with Crippen LogP contribution in [-0.2, 0) is 6.54 Å². The second kappa shape index (κ2) is 6.73. The smallest absolute Gasteiger partial charge is 0.486 e. The third-order valence-electron chi connectivity index (χ3n) is 3.95. The molecule has 0 aromatic heterocycles. The van der Waals surface area contributed by atoms with Crippen LogP contribution < -0.4 is 9.47 Å². The maximum atomic E-state index is 12.2. The average molecular weight is 337 g/mol. The Balaban J connectivity index is 1.76. The van der Waals surface area contributed by atoms with E-state index in [1.165, 1.54) is 29.8 Å². The molecule has 0 N–H and O–H groups in total. The van der Waals surface area contributed by atoms with Gasteiger partial charge in [-0.25, -0.2) is 0 Å². The van der Waals surface area contributed by atoms with E-state index >= 15 is 0 Å². The summed E-state index contributed by atoms with van der Waals surface area (Å²) in [6, 6.07) is 13.6. The Morgan fingerprint density at radius 2 is 1.67 bits per heavy atom. The Morgan fingerprint density at radius 3 is 2.38 bits per heavy atom. The molecule has 6 heteroatoms. The van der Waals surface area contributed by atoms with Crippen molar-refractivity contribution in [1.29, 1.82) is 0 Å². The van der Waals surface area contributed by atoms with Crippen molar-refractivity contribution in [1.82, 2.24) is 4.90 Å². The topological polar surface area (TPSA) is 21.7 Å². The van der Waals surface area contributed by atoms with Crippen LogP contribution in [0.15, 0.2) is 48.5 Å². The quantitative estimate of drug-likeness (QED) is 0.821. The lowest BCUT2D eigenvalue weighted by Crippen LogP contribution is -2.18. The second-order valence-corrected chi connectivity index (χ2v) is 5.85. The molecule has 0 spiro atoms. The standard InChI is InChI=1S/C18H18F3NO2/c1-22-11-10-17(16-5-3-2-4-13(16)12-22)23-14-6-8-15(9-7-14)24-18(19,20)21/h2-9,17H,10-12H2,1H3. The lowest BCUT2D eigenvalue weighted by Gasteiger charge is -2.20. The highest BCUT2D eigenvalue weighted by atomic mass is 19.4. The molecule has 1 aliphatic rings. The normalized spacial score (nSPS) is 18.6. The molecule has 0 aliphatic carbocycles. The number of benzene rings is 2. The number of alkyl halides is 3. The third kappa shape index (κ3) is 4.20. The number of hydrogen-bond acceptors (Lipinski definition) is 3. The van der Waals surface area contributed by atoms with E-state index in [9.17, 15) is 13.2 Å². The maximum Gasteiger partial charge on any atom is 0.573 e. The molecule has 0 bridgehead atoms. The van der Waals surface area contributed by atoms with Gasteiger partial charge in [0.25, 0.3) is 0 Å². The monoisotopic (exact) mass is 337 g/mol. The minimum atomic E-state index is -4.69. The summed E-state index contributed by atoms with van der Waals surface area (Å²) in [7, 11) is 2.06. The van der Waals surface area contributed by atoms with E-state index in [1.54, 1.807) is 0 Å². The number of fused-ring (bicyclic) bond motifs is 1. The molecule has 0 radical (unpaired) electrons. The first-order valence-corrected chi connectivity index (χ1v) is 7.69. The van der Waals surface area contributed by atoms with Crippen molar-refractivity contribution in [2.75, 3.05) is 13.6 Å². The molecule has 0 saturated heterocycles. The van der Waals surface area contributed by atoms with E-state index in [0.29, 0.717) is 5.75 Å². The largest absolute Gasteiger partial charge is 0.573 e. The summed E-state index contributed by atoms with van der Waals surface area (Å²) in [6.45, 7) is 1.74. The number of rotatable bonds is 3. The van der Waals surface area contributed by atoms with Gasteiger partial charge in [0.05, 0.1) is 0 Å². The van der Waals surface area contributed by atoms with E-state index in [1.807, 2.05) is 18.2 Å². The maximum absolute atomic E-state index is 12.2. The van der Waals surface area contributed by atoms with Gasteiger partial charge in [0.15, 0.2) is 0 Å². The van der Waals surface area contributed by atoms with E-state index in [-0.39, 0.29) is 11.9 Å². The number of halogens is 3. The zero-order valence-electron chi connectivity index (χ0n) is 13.2. The van der Waals surface area contributed by atoms with Crippen molar-refractivity contribution in [3.05, 3.63) is 59.7 Å². The van der Waals surface area contributed by atoms with Crippen LogP contribution in [0.3, 0.4) is 0 Å². The Kier molecular flexibility index (Phi) is 4.66. The van der Waals surface area contributed by atoms with Gasteiger partial charge in [-0.1, -0.05) is 24.3 Å². The summed E-state index contributed by atoms with van der Waals surface area (Å²) in [5, 5.41) is 0. The second-order valence-electron chi connectivity index (χ2n) is 5.85. The predicted octanol–water partition coefficient (Wildman–Crippen LogP) is 4.54. The lowest BCUT2D eigenvalue weighted by atomic mass is 10.0. The summed E-state index contributed by atoms with van der Waals surface area (Å²) in [4.78, 5) is 2.22. The molecule has 0 amide bonds. The van der Waals surface area contributed by atoms with Gasteiger partial charge in [-0.15, -0.1) is 13.2 Å². The molecule has 0 saturated carbocycles. The number of ether oxygens (including phenoxy) is 2. The SMILES string of the molecule is CN1CCC(Oc2ccc(OC(F)(F)F)cc2)c2ccccc2C1. The van der Waals surface area contributed by atoms with Crippen LogP contribution in [0, 0.1) is 0 Å². The third-order valence-corrected chi connectivity index (χ3v) is 3.95. The Labute approximate surface area is 138 Å². The highest BCUT2D eigenvalue weighted by Crippen LogP contribution is 2.32. The van der Waals surface area contributed by atoms with Crippen molar-refractivity contribution in [3.63, 3.8) is 0 Å². The van der Waals surface area contributed by atoms with Crippen molar-refractivity contribution in [2.24, 2.45) is 0 Å². The average Bonchev–Trinajstić information content (AvgIpc) is 2.67. The van der Waals surface area contributed by atoms with Gasteiger partial charge in [0, 0.05) is 19.5 Å². The zero-order chi connectivity index (χ0) is 17.2. The molecule has 2 aromatic rings. The van der Waals surface area contributed by atoms with Crippen LogP contribution in [0.1, 0.15) is 23.7 Å². The van der Waals surface area contributed by atoms with E-state index in [0.717, 1.165) is 25.1 Å². The molecule has 0 fully saturated rings. The molecule has 1 atom stereocenters. The number of hydrogen-bond donors (Lipinski definition) is 0. The first-order chi connectivity index (χ1) is 11.4. The van der Waals surface area contributed by atoms with E-state index in [4.69, 9.17) is 4.74 Å². The summed E-state index contributed by atoms with van der Waals surface area (Å²) >= 11 is 0. The van der Waals surface area contributed by atoms with Gasteiger partial charge in [-0.3, -0.25) is 0 Å². The molecule has 1 aliphatic heterocycles. The van der Waals surface area contributed by atoms with Crippen molar-refractivity contribution >= 4 is 0 Å². The Morgan fingerprint density at radius 1 is 1.00 bits per heavy atom. The Hall–Kier alpha value is -2.21. The van der Waals surface area contributed by atoms with Crippen LogP contribution in [0.5, 0.6) is 11.5 Å². The molecular formula is C18H18F3NO2. The summed E-state index contributed by atoms with van der Waals surface area (Å²) < 4.78 is 46.5. The van der Waals surface area contributed by atoms with Crippen LogP contribution in [0.2, 0.25) is 0 Å².